The van der Waals surface area contributed by atoms with Crippen LogP contribution in [-0.2, 0) is 24.4 Å². The van der Waals surface area contributed by atoms with E-state index in [9.17, 15) is 14.4 Å². The molecule has 2 aromatic heterocycles. The molecule has 3 rings (SSSR count). The Kier molecular flexibility index (Phi) is 4.80. The van der Waals surface area contributed by atoms with Crippen molar-refractivity contribution < 1.29 is 4.79 Å². The van der Waals surface area contributed by atoms with Crippen LogP contribution >= 0.6 is 11.5 Å². The maximum absolute atomic E-state index is 12.5. The zero-order valence-corrected chi connectivity index (χ0v) is 14.8. The van der Waals surface area contributed by atoms with Gasteiger partial charge in [0.1, 0.15) is 6.54 Å². The summed E-state index contributed by atoms with van der Waals surface area (Å²) in [5, 5.41) is 4.42. The van der Waals surface area contributed by atoms with Crippen LogP contribution in [0.25, 0.3) is 11.0 Å². The van der Waals surface area contributed by atoms with Crippen LogP contribution in [0.4, 0.5) is 0 Å². The standard InChI is InChI=1S/C17H18N4O3S/c1-3-20-16(23)15-13(10-25-19-15)21(17(20)24)9-14(22)18-8-12-6-4-11(2)5-7-12/h4-7,10H,3,8-9H2,1-2H3,(H,18,22). The van der Waals surface area contributed by atoms with E-state index in [2.05, 4.69) is 9.69 Å². The van der Waals surface area contributed by atoms with Crippen molar-refractivity contribution in [2.45, 2.75) is 33.5 Å². The number of fused-ring (bicyclic) bond motifs is 1. The number of aromatic nitrogens is 3. The smallest absolute Gasteiger partial charge is 0.332 e. The minimum absolute atomic E-state index is 0.153. The highest BCUT2D eigenvalue weighted by molar-refractivity contribution is 7.04. The molecule has 0 bridgehead atoms. The van der Waals surface area contributed by atoms with Crippen molar-refractivity contribution in [2.24, 2.45) is 0 Å². The van der Waals surface area contributed by atoms with Gasteiger partial charge in [-0.2, -0.15) is 4.37 Å². The first-order valence-electron chi connectivity index (χ1n) is 7.91. The van der Waals surface area contributed by atoms with E-state index in [1.54, 1.807) is 12.3 Å². The molecule has 2 heterocycles. The predicted molar refractivity (Wildman–Crippen MR) is 96.8 cm³/mol. The molecule has 0 radical (unpaired) electrons. The van der Waals surface area contributed by atoms with Crippen LogP contribution in [0.1, 0.15) is 18.1 Å². The van der Waals surface area contributed by atoms with Crippen LogP contribution in [-0.4, -0.2) is 19.4 Å². The number of rotatable bonds is 5. The van der Waals surface area contributed by atoms with Crippen molar-refractivity contribution in [1.82, 2.24) is 18.8 Å². The number of nitrogens with zero attached hydrogens (tertiary/aromatic N) is 3. The normalized spacial score (nSPS) is 11.0. The van der Waals surface area contributed by atoms with Gasteiger partial charge >= 0.3 is 5.69 Å². The molecular formula is C17H18N4O3S. The van der Waals surface area contributed by atoms with Crippen molar-refractivity contribution in [2.75, 3.05) is 0 Å². The van der Waals surface area contributed by atoms with Crippen LogP contribution in [0, 0.1) is 6.92 Å². The third-order valence-corrected chi connectivity index (χ3v) is 4.60. The summed E-state index contributed by atoms with van der Waals surface area (Å²) in [5.41, 5.74) is 1.83. The number of hydrogen-bond acceptors (Lipinski definition) is 5. The molecule has 3 aromatic rings. The molecule has 0 unspecified atom stereocenters. The van der Waals surface area contributed by atoms with Gasteiger partial charge in [0.2, 0.25) is 5.91 Å². The number of amides is 1. The van der Waals surface area contributed by atoms with E-state index in [-0.39, 0.29) is 24.5 Å². The summed E-state index contributed by atoms with van der Waals surface area (Å²) < 4.78 is 6.45. The van der Waals surface area contributed by atoms with Gasteiger partial charge in [-0.25, -0.2) is 4.79 Å². The molecule has 0 aliphatic rings. The quantitative estimate of drug-likeness (QED) is 0.744. The second kappa shape index (κ2) is 7.02. The Balaban J connectivity index is 1.84. The predicted octanol–water partition coefficient (Wildman–Crippen LogP) is 1.26. The Hall–Kier alpha value is -2.74. The summed E-state index contributed by atoms with van der Waals surface area (Å²) in [5.74, 6) is -0.295. The molecule has 0 atom stereocenters. The Morgan fingerprint density at radius 2 is 1.92 bits per heavy atom. The van der Waals surface area contributed by atoms with Gasteiger partial charge in [-0.05, 0) is 30.9 Å². The highest BCUT2D eigenvalue weighted by Crippen LogP contribution is 2.09. The van der Waals surface area contributed by atoms with Gasteiger partial charge in [0.25, 0.3) is 5.56 Å². The van der Waals surface area contributed by atoms with Gasteiger partial charge in [-0.15, -0.1) is 0 Å². The number of carbonyl (C=O) groups excluding carboxylic acids is 1. The number of benzene rings is 1. The van der Waals surface area contributed by atoms with E-state index in [4.69, 9.17) is 0 Å². The van der Waals surface area contributed by atoms with Gasteiger partial charge < -0.3 is 5.32 Å². The average molecular weight is 358 g/mol. The van der Waals surface area contributed by atoms with E-state index in [0.717, 1.165) is 27.2 Å². The van der Waals surface area contributed by atoms with E-state index >= 15 is 0 Å². The highest BCUT2D eigenvalue weighted by Gasteiger charge is 2.16. The summed E-state index contributed by atoms with van der Waals surface area (Å²) in [7, 11) is 0. The Morgan fingerprint density at radius 1 is 1.20 bits per heavy atom. The van der Waals surface area contributed by atoms with Crippen LogP contribution in [0.5, 0.6) is 0 Å². The van der Waals surface area contributed by atoms with Crippen LogP contribution in [0.3, 0.4) is 0 Å². The zero-order chi connectivity index (χ0) is 18.0. The highest BCUT2D eigenvalue weighted by atomic mass is 32.1. The summed E-state index contributed by atoms with van der Waals surface area (Å²) in [6, 6.07) is 7.84. The van der Waals surface area contributed by atoms with Gasteiger partial charge in [0.15, 0.2) is 5.52 Å². The van der Waals surface area contributed by atoms with Gasteiger partial charge in [-0.1, -0.05) is 29.8 Å². The number of hydrogen-bond donors (Lipinski definition) is 1. The van der Waals surface area contributed by atoms with Gasteiger partial charge in [0, 0.05) is 18.5 Å². The molecule has 0 fully saturated rings. The monoisotopic (exact) mass is 358 g/mol. The van der Waals surface area contributed by atoms with Gasteiger partial charge in [0.05, 0.1) is 5.52 Å². The van der Waals surface area contributed by atoms with Crippen LogP contribution in [0.15, 0.2) is 39.2 Å². The second-order valence-electron chi connectivity index (χ2n) is 5.73. The van der Waals surface area contributed by atoms with Crippen LogP contribution in [0.2, 0.25) is 0 Å². The first-order chi connectivity index (χ1) is 12.0. The molecule has 0 aliphatic heterocycles. The molecule has 8 heteroatoms. The average Bonchev–Trinajstić information content (AvgIpc) is 3.08. The van der Waals surface area contributed by atoms with Crippen molar-refractivity contribution >= 4 is 28.5 Å². The van der Waals surface area contributed by atoms with Gasteiger partial charge in [-0.3, -0.25) is 18.7 Å². The summed E-state index contributed by atoms with van der Waals surface area (Å²) >= 11 is 1.09. The Bertz CT molecular complexity index is 1030. The minimum atomic E-state index is -0.495. The number of carbonyl (C=O) groups is 1. The molecule has 0 saturated carbocycles. The fourth-order valence-corrected chi connectivity index (χ4v) is 3.24. The van der Waals surface area contributed by atoms with Crippen molar-refractivity contribution in [1.29, 1.82) is 0 Å². The maximum atomic E-state index is 12.5. The summed E-state index contributed by atoms with van der Waals surface area (Å²) in [4.78, 5) is 37.0. The SMILES string of the molecule is CCn1c(=O)c2nscc2n(CC(=O)NCc2ccc(C)cc2)c1=O. The molecule has 0 spiro atoms. The topological polar surface area (TPSA) is 86.0 Å². The Labute approximate surface area is 147 Å². The van der Waals surface area contributed by atoms with E-state index in [1.165, 1.54) is 4.57 Å². The molecule has 0 aliphatic carbocycles. The molecule has 1 N–H and O–H groups in total. The lowest BCUT2D eigenvalue weighted by Crippen LogP contribution is -2.42. The lowest BCUT2D eigenvalue weighted by atomic mass is 10.1. The molecule has 1 amide bonds. The van der Waals surface area contributed by atoms with E-state index < -0.39 is 11.2 Å². The summed E-state index contributed by atoms with van der Waals surface area (Å²) in [6.45, 7) is 4.17. The molecule has 7 nitrogen and oxygen atoms in total. The van der Waals surface area contributed by atoms with Crippen molar-refractivity contribution in [3.8, 4) is 0 Å². The fourth-order valence-electron chi connectivity index (χ4n) is 2.57. The molecule has 25 heavy (non-hydrogen) atoms. The third kappa shape index (κ3) is 3.39. The summed E-state index contributed by atoms with van der Waals surface area (Å²) in [6.07, 6.45) is 0. The third-order valence-electron chi connectivity index (χ3n) is 3.98. The lowest BCUT2D eigenvalue weighted by Gasteiger charge is -2.11. The number of aryl methyl sites for hydroxylation is 1. The van der Waals surface area contributed by atoms with Crippen molar-refractivity contribution in [3.63, 3.8) is 0 Å². The van der Waals surface area contributed by atoms with Crippen molar-refractivity contribution in [3.05, 3.63) is 61.6 Å². The molecule has 1 aromatic carbocycles. The molecular weight excluding hydrogens is 340 g/mol. The minimum Gasteiger partial charge on any atom is -0.350 e. The zero-order valence-electron chi connectivity index (χ0n) is 14.0. The first-order valence-corrected chi connectivity index (χ1v) is 8.75. The number of nitrogens with one attached hydrogen (secondary N) is 1. The largest absolute Gasteiger partial charge is 0.350 e. The first kappa shape index (κ1) is 17.1. The fraction of sp³-hybridized carbons (Fsp3) is 0.294. The van der Waals surface area contributed by atoms with E-state index in [1.807, 2.05) is 31.2 Å². The molecule has 0 saturated heterocycles. The van der Waals surface area contributed by atoms with Crippen LogP contribution < -0.4 is 16.6 Å². The Morgan fingerprint density at radius 3 is 2.60 bits per heavy atom. The second-order valence-corrected chi connectivity index (χ2v) is 6.36. The van der Waals surface area contributed by atoms with E-state index in [0.29, 0.717) is 12.1 Å². The molecule has 130 valence electrons. The maximum Gasteiger partial charge on any atom is 0.332 e. The lowest BCUT2D eigenvalue weighted by molar-refractivity contribution is -0.121.